The molecule has 1 aliphatic rings. The molecule has 0 saturated carbocycles. The second kappa shape index (κ2) is 6.27. The first kappa shape index (κ1) is 14.7. The Hall–Kier alpha value is -2.22. The van der Waals surface area contributed by atoms with Crippen molar-refractivity contribution in [3.05, 3.63) is 65.7 Å². The zero-order valence-corrected chi connectivity index (χ0v) is 13.4. The molecule has 1 fully saturated rings. The molecule has 0 bridgehead atoms. The van der Waals surface area contributed by atoms with Crippen LogP contribution in [0.2, 0.25) is 0 Å². The van der Waals surface area contributed by atoms with Crippen molar-refractivity contribution in [2.24, 2.45) is 0 Å². The van der Waals surface area contributed by atoms with E-state index in [0.717, 1.165) is 11.3 Å². The van der Waals surface area contributed by atoms with Gasteiger partial charge in [0.05, 0.1) is 7.11 Å². The van der Waals surface area contributed by atoms with Gasteiger partial charge in [-0.1, -0.05) is 24.8 Å². The van der Waals surface area contributed by atoms with Gasteiger partial charge in [0.25, 0.3) is 0 Å². The minimum Gasteiger partial charge on any atom is -0.497 e. The van der Waals surface area contributed by atoms with E-state index in [0.29, 0.717) is 0 Å². The molecule has 2 nitrogen and oxygen atoms in total. The van der Waals surface area contributed by atoms with Gasteiger partial charge in [-0.05, 0) is 66.3 Å². The Morgan fingerprint density at radius 2 is 1.73 bits per heavy atom. The van der Waals surface area contributed by atoms with Crippen molar-refractivity contribution in [2.45, 2.75) is 19.8 Å². The summed E-state index contributed by atoms with van der Waals surface area (Å²) in [5, 5.41) is 0. The van der Waals surface area contributed by atoms with Crippen molar-refractivity contribution < 1.29 is 4.74 Å². The van der Waals surface area contributed by atoms with Crippen molar-refractivity contribution in [3.8, 4) is 5.75 Å². The summed E-state index contributed by atoms with van der Waals surface area (Å²) < 4.78 is 5.27. The Kier molecular flexibility index (Phi) is 4.19. The van der Waals surface area contributed by atoms with E-state index in [9.17, 15) is 0 Å². The van der Waals surface area contributed by atoms with Gasteiger partial charge in [0, 0.05) is 18.8 Å². The molecule has 0 atom stereocenters. The largest absolute Gasteiger partial charge is 0.497 e. The molecule has 0 aliphatic carbocycles. The Morgan fingerprint density at radius 3 is 2.32 bits per heavy atom. The number of anilines is 1. The van der Waals surface area contributed by atoms with E-state index in [-0.39, 0.29) is 0 Å². The van der Waals surface area contributed by atoms with Crippen LogP contribution >= 0.6 is 0 Å². The third-order valence-electron chi connectivity index (χ3n) is 4.45. The maximum Gasteiger partial charge on any atom is 0.119 e. The molecule has 0 aromatic heterocycles. The molecule has 0 unspecified atom stereocenters. The zero-order valence-electron chi connectivity index (χ0n) is 13.4. The number of hydrogen-bond acceptors (Lipinski definition) is 2. The minimum atomic E-state index is 0.887. The van der Waals surface area contributed by atoms with Gasteiger partial charge in [-0.2, -0.15) is 0 Å². The zero-order chi connectivity index (χ0) is 15.5. The Balaban J connectivity index is 1.82. The van der Waals surface area contributed by atoms with Crippen molar-refractivity contribution in [2.75, 3.05) is 25.1 Å². The van der Waals surface area contributed by atoms with Gasteiger partial charge in [0.2, 0.25) is 0 Å². The molecule has 1 aliphatic heterocycles. The molecule has 3 rings (SSSR count). The van der Waals surface area contributed by atoms with Gasteiger partial charge in [-0.25, -0.2) is 0 Å². The van der Waals surface area contributed by atoms with Crippen LogP contribution in [0, 0.1) is 6.92 Å². The third kappa shape index (κ3) is 2.87. The van der Waals surface area contributed by atoms with Gasteiger partial charge >= 0.3 is 0 Å². The molecule has 2 aromatic rings. The molecule has 1 heterocycles. The number of methoxy groups -OCH3 is 1. The lowest BCUT2D eigenvalue weighted by molar-refractivity contribution is 0.414. The van der Waals surface area contributed by atoms with Crippen molar-refractivity contribution in [1.29, 1.82) is 0 Å². The lowest BCUT2D eigenvalue weighted by Gasteiger charge is -2.18. The Morgan fingerprint density at radius 1 is 1.05 bits per heavy atom. The predicted octanol–water partition coefficient (Wildman–Crippen LogP) is 4.67. The average Bonchev–Trinajstić information content (AvgIpc) is 3.08. The van der Waals surface area contributed by atoms with Crippen LogP contribution in [0.1, 0.15) is 29.5 Å². The third-order valence-corrected chi connectivity index (χ3v) is 4.45. The molecule has 0 amide bonds. The normalized spacial score (nSPS) is 14.2. The van der Waals surface area contributed by atoms with Crippen LogP contribution in [-0.2, 0) is 0 Å². The number of nitrogens with zero attached hydrogens (tertiary/aromatic N) is 1. The highest BCUT2D eigenvalue weighted by atomic mass is 16.5. The number of rotatable bonds is 4. The van der Waals surface area contributed by atoms with Gasteiger partial charge in [-0.15, -0.1) is 0 Å². The topological polar surface area (TPSA) is 12.5 Å². The lowest BCUT2D eigenvalue weighted by Crippen LogP contribution is -2.17. The Bertz CT molecular complexity index is 667. The van der Waals surface area contributed by atoms with E-state index in [1.165, 1.54) is 48.3 Å². The highest BCUT2D eigenvalue weighted by Gasteiger charge is 2.12. The van der Waals surface area contributed by atoms with Crippen molar-refractivity contribution >= 4 is 11.3 Å². The van der Waals surface area contributed by atoms with E-state index < -0.39 is 0 Å². The minimum absolute atomic E-state index is 0.887. The van der Waals surface area contributed by atoms with Gasteiger partial charge < -0.3 is 9.64 Å². The molecular formula is C20H23NO. The molecule has 22 heavy (non-hydrogen) atoms. The van der Waals surface area contributed by atoms with E-state index in [2.05, 4.69) is 54.8 Å². The fourth-order valence-electron chi connectivity index (χ4n) is 3.11. The molecule has 0 N–H and O–H groups in total. The molecule has 2 heteroatoms. The highest BCUT2D eigenvalue weighted by molar-refractivity contribution is 5.80. The summed E-state index contributed by atoms with van der Waals surface area (Å²) in [5.74, 6) is 0.887. The Labute approximate surface area is 133 Å². The van der Waals surface area contributed by atoms with E-state index in [1.54, 1.807) is 7.11 Å². The lowest BCUT2D eigenvalue weighted by atomic mass is 9.95. The average molecular weight is 293 g/mol. The summed E-state index contributed by atoms with van der Waals surface area (Å²) in [4.78, 5) is 2.45. The molecule has 1 saturated heterocycles. The standard InChI is InChI=1S/C20H23NO/c1-15-14-19(22-3)10-11-20(15)16(2)17-6-8-18(9-7-17)21-12-4-5-13-21/h6-11,14H,2,4-5,12-13H2,1,3H3. The molecule has 0 spiro atoms. The van der Waals surface area contributed by atoms with Crippen LogP contribution in [0.15, 0.2) is 49.0 Å². The molecule has 114 valence electrons. The first-order valence-corrected chi connectivity index (χ1v) is 7.88. The first-order valence-electron chi connectivity index (χ1n) is 7.88. The molecule has 0 radical (unpaired) electrons. The maximum absolute atomic E-state index is 5.27. The monoisotopic (exact) mass is 293 g/mol. The summed E-state index contributed by atoms with van der Waals surface area (Å²) in [5.41, 5.74) is 5.92. The van der Waals surface area contributed by atoms with Crippen molar-refractivity contribution in [3.63, 3.8) is 0 Å². The summed E-state index contributed by atoms with van der Waals surface area (Å²) in [6, 6.07) is 14.9. The fraction of sp³-hybridized carbons (Fsp3) is 0.300. The van der Waals surface area contributed by atoms with Crippen LogP contribution in [-0.4, -0.2) is 20.2 Å². The van der Waals surface area contributed by atoms with Gasteiger partial charge in [0.1, 0.15) is 5.75 Å². The van der Waals surface area contributed by atoms with Crippen LogP contribution in [0.3, 0.4) is 0 Å². The van der Waals surface area contributed by atoms with Crippen molar-refractivity contribution in [1.82, 2.24) is 0 Å². The second-order valence-electron chi connectivity index (χ2n) is 5.90. The number of benzene rings is 2. The van der Waals surface area contributed by atoms with Gasteiger partial charge in [-0.3, -0.25) is 0 Å². The van der Waals surface area contributed by atoms with Crippen LogP contribution in [0.4, 0.5) is 5.69 Å². The molecule has 2 aromatic carbocycles. The van der Waals surface area contributed by atoms with E-state index in [4.69, 9.17) is 4.74 Å². The summed E-state index contributed by atoms with van der Waals surface area (Å²) in [6.45, 7) is 8.74. The maximum atomic E-state index is 5.27. The number of ether oxygens (including phenoxy) is 1. The van der Waals surface area contributed by atoms with Crippen LogP contribution in [0.25, 0.3) is 5.57 Å². The summed E-state index contributed by atoms with van der Waals surface area (Å²) in [7, 11) is 1.69. The number of aryl methyl sites for hydroxylation is 1. The predicted molar refractivity (Wildman–Crippen MR) is 93.8 cm³/mol. The van der Waals surface area contributed by atoms with E-state index in [1.807, 2.05) is 6.07 Å². The van der Waals surface area contributed by atoms with Crippen LogP contribution < -0.4 is 9.64 Å². The van der Waals surface area contributed by atoms with Crippen LogP contribution in [0.5, 0.6) is 5.75 Å². The molecular weight excluding hydrogens is 270 g/mol. The fourth-order valence-corrected chi connectivity index (χ4v) is 3.11. The smallest absolute Gasteiger partial charge is 0.119 e. The summed E-state index contributed by atoms with van der Waals surface area (Å²) in [6.07, 6.45) is 2.61. The number of hydrogen-bond donors (Lipinski definition) is 0. The SMILES string of the molecule is C=C(c1ccc(N2CCCC2)cc1)c1ccc(OC)cc1C. The quantitative estimate of drug-likeness (QED) is 0.812. The van der Waals surface area contributed by atoms with Gasteiger partial charge in [0.15, 0.2) is 0 Å². The van der Waals surface area contributed by atoms with E-state index >= 15 is 0 Å². The first-order chi connectivity index (χ1) is 10.7. The summed E-state index contributed by atoms with van der Waals surface area (Å²) >= 11 is 0. The second-order valence-corrected chi connectivity index (χ2v) is 5.90. The highest BCUT2D eigenvalue weighted by Crippen LogP contribution is 2.29.